The number of methoxy groups -OCH3 is 2. The number of ether oxygens (including phenoxy) is 2. The molecule has 0 spiro atoms. The Morgan fingerprint density at radius 1 is 0.680 bits per heavy atom. The molecule has 136 valence electrons. The van der Waals surface area contributed by atoms with Gasteiger partial charge >= 0.3 is 0 Å². The molecule has 0 unspecified atom stereocenters. The quantitative estimate of drug-likeness (QED) is 0.579. The standard InChI is InChI=1S/C23H32O2/c1-14(2)17-9-10-18(19(13-17)15(3)4)23-21(25-8)12-11-20(24-7)22(23)16(5)6/h9-16H,1-8H3. The Bertz CT molecular complexity index is 727. The predicted molar refractivity (Wildman–Crippen MR) is 107 cm³/mol. The van der Waals surface area contributed by atoms with E-state index in [9.17, 15) is 0 Å². The lowest BCUT2D eigenvalue weighted by Crippen LogP contribution is -2.04. The smallest absolute Gasteiger partial charge is 0.127 e. The molecular weight excluding hydrogens is 308 g/mol. The minimum Gasteiger partial charge on any atom is -0.496 e. The van der Waals surface area contributed by atoms with Crippen molar-refractivity contribution in [3.05, 3.63) is 47.0 Å². The van der Waals surface area contributed by atoms with E-state index in [0.717, 1.165) is 17.1 Å². The Morgan fingerprint density at radius 3 is 1.76 bits per heavy atom. The Kier molecular flexibility index (Phi) is 6.16. The number of hydrogen-bond donors (Lipinski definition) is 0. The Balaban J connectivity index is 2.85. The van der Waals surface area contributed by atoms with Gasteiger partial charge in [-0.2, -0.15) is 0 Å². The summed E-state index contributed by atoms with van der Waals surface area (Å²) in [5.41, 5.74) is 6.36. The van der Waals surface area contributed by atoms with E-state index in [1.165, 1.54) is 22.3 Å². The average molecular weight is 341 g/mol. The fourth-order valence-corrected chi connectivity index (χ4v) is 3.43. The van der Waals surface area contributed by atoms with Crippen LogP contribution in [-0.4, -0.2) is 14.2 Å². The zero-order chi connectivity index (χ0) is 18.7. The molecule has 0 saturated carbocycles. The molecule has 0 aliphatic carbocycles. The maximum absolute atomic E-state index is 5.75. The third kappa shape index (κ3) is 3.84. The maximum Gasteiger partial charge on any atom is 0.127 e. The van der Waals surface area contributed by atoms with E-state index in [2.05, 4.69) is 59.7 Å². The monoisotopic (exact) mass is 340 g/mol. The van der Waals surface area contributed by atoms with Gasteiger partial charge in [-0.3, -0.25) is 0 Å². The summed E-state index contributed by atoms with van der Waals surface area (Å²) in [4.78, 5) is 0. The van der Waals surface area contributed by atoms with Crippen molar-refractivity contribution in [3.8, 4) is 22.6 Å². The molecule has 0 N–H and O–H groups in total. The molecule has 0 bridgehead atoms. The normalized spacial score (nSPS) is 11.5. The molecule has 2 aromatic rings. The number of rotatable bonds is 6. The van der Waals surface area contributed by atoms with Gasteiger partial charge in [-0.25, -0.2) is 0 Å². The van der Waals surface area contributed by atoms with Crippen LogP contribution in [0.1, 0.15) is 76.0 Å². The van der Waals surface area contributed by atoms with Crippen molar-refractivity contribution in [2.45, 2.75) is 59.3 Å². The van der Waals surface area contributed by atoms with Gasteiger partial charge in [0, 0.05) is 11.1 Å². The molecule has 0 atom stereocenters. The largest absolute Gasteiger partial charge is 0.496 e. The van der Waals surface area contributed by atoms with Gasteiger partial charge in [0.1, 0.15) is 11.5 Å². The van der Waals surface area contributed by atoms with Crippen molar-refractivity contribution in [2.24, 2.45) is 0 Å². The van der Waals surface area contributed by atoms with Crippen LogP contribution < -0.4 is 9.47 Å². The molecule has 0 heterocycles. The fourth-order valence-electron chi connectivity index (χ4n) is 3.43. The lowest BCUT2D eigenvalue weighted by Gasteiger charge is -2.24. The lowest BCUT2D eigenvalue weighted by molar-refractivity contribution is 0.398. The minimum atomic E-state index is 0.338. The van der Waals surface area contributed by atoms with Gasteiger partial charge < -0.3 is 9.47 Å². The lowest BCUT2D eigenvalue weighted by atomic mass is 9.84. The van der Waals surface area contributed by atoms with Crippen molar-refractivity contribution in [3.63, 3.8) is 0 Å². The SMILES string of the molecule is COc1ccc(OC)c(C(C)C)c1-c1ccc(C(C)C)cc1C(C)C. The predicted octanol–water partition coefficient (Wildman–Crippen LogP) is 6.74. The summed E-state index contributed by atoms with van der Waals surface area (Å²) in [6.45, 7) is 13.4. The zero-order valence-corrected chi connectivity index (χ0v) is 16.9. The molecule has 0 saturated heterocycles. The van der Waals surface area contributed by atoms with Gasteiger partial charge in [0.2, 0.25) is 0 Å². The van der Waals surface area contributed by atoms with Gasteiger partial charge in [0.05, 0.1) is 14.2 Å². The van der Waals surface area contributed by atoms with Crippen molar-refractivity contribution in [2.75, 3.05) is 14.2 Å². The molecule has 2 nitrogen and oxygen atoms in total. The first-order valence-electron chi connectivity index (χ1n) is 9.20. The second-order valence-corrected chi connectivity index (χ2v) is 7.57. The topological polar surface area (TPSA) is 18.5 Å². The molecule has 0 amide bonds. The molecule has 2 rings (SSSR count). The summed E-state index contributed by atoms with van der Waals surface area (Å²) >= 11 is 0. The van der Waals surface area contributed by atoms with Crippen LogP contribution in [0, 0.1) is 0 Å². The molecule has 0 radical (unpaired) electrons. The molecule has 2 aromatic carbocycles. The van der Waals surface area contributed by atoms with E-state index in [4.69, 9.17) is 9.47 Å². The van der Waals surface area contributed by atoms with Gasteiger partial charge in [-0.1, -0.05) is 59.7 Å². The Labute approximate surface area is 153 Å². The fraction of sp³-hybridized carbons (Fsp3) is 0.478. The number of hydrogen-bond acceptors (Lipinski definition) is 2. The van der Waals surface area contributed by atoms with Crippen LogP contribution >= 0.6 is 0 Å². The second-order valence-electron chi connectivity index (χ2n) is 7.57. The van der Waals surface area contributed by atoms with Crippen molar-refractivity contribution in [1.29, 1.82) is 0 Å². The van der Waals surface area contributed by atoms with Crippen LogP contribution in [-0.2, 0) is 0 Å². The molecular formula is C23H32O2. The average Bonchev–Trinajstić information content (AvgIpc) is 2.59. The highest BCUT2D eigenvalue weighted by Gasteiger charge is 2.22. The summed E-state index contributed by atoms with van der Waals surface area (Å²) in [5, 5.41) is 0. The van der Waals surface area contributed by atoms with E-state index in [1.54, 1.807) is 14.2 Å². The second kappa shape index (κ2) is 7.95. The first-order chi connectivity index (χ1) is 11.8. The zero-order valence-electron chi connectivity index (χ0n) is 16.9. The van der Waals surface area contributed by atoms with Crippen LogP contribution in [0.15, 0.2) is 30.3 Å². The summed E-state index contributed by atoms with van der Waals surface area (Å²) in [7, 11) is 3.48. The first kappa shape index (κ1) is 19.4. The summed E-state index contributed by atoms with van der Waals surface area (Å²) in [5.74, 6) is 3.12. The maximum atomic E-state index is 5.75. The first-order valence-corrected chi connectivity index (χ1v) is 9.20. The van der Waals surface area contributed by atoms with E-state index in [-0.39, 0.29) is 0 Å². The summed E-state index contributed by atoms with van der Waals surface area (Å²) < 4.78 is 11.4. The third-order valence-electron chi connectivity index (χ3n) is 4.82. The highest BCUT2D eigenvalue weighted by molar-refractivity contribution is 5.80. The molecule has 0 aliphatic heterocycles. The highest BCUT2D eigenvalue weighted by atomic mass is 16.5. The Hall–Kier alpha value is -1.96. The van der Waals surface area contributed by atoms with E-state index < -0.39 is 0 Å². The summed E-state index contributed by atoms with van der Waals surface area (Å²) in [6, 6.07) is 10.9. The van der Waals surface area contributed by atoms with Crippen LogP contribution in [0.2, 0.25) is 0 Å². The summed E-state index contributed by atoms with van der Waals surface area (Å²) in [6.07, 6.45) is 0. The molecule has 0 fully saturated rings. The Morgan fingerprint density at radius 2 is 1.28 bits per heavy atom. The molecule has 2 heteroatoms. The third-order valence-corrected chi connectivity index (χ3v) is 4.82. The van der Waals surface area contributed by atoms with Crippen LogP contribution in [0.4, 0.5) is 0 Å². The van der Waals surface area contributed by atoms with E-state index >= 15 is 0 Å². The molecule has 0 aromatic heterocycles. The number of benzene rings is 2. The van der Waals surface area contributed by atoms with Crippen molar-refractivity contribution < 1.29 is 9.47 Å². The van der Waals surface area contributed by atoms with Crippen LogP contribution in [0.25, 0.3) is 11.1 Å². The minimum absolute atomic E-state index is 0.338. The highest BCUT2D eigenvalue weighted by Crippen LogP contribution is 2.45. The van der Waals surface area contributed by atoms with Gasteiger partial charge in [-0.05, 0) is 46.6 Å². The van der Waals surface area contributed by atoms with E-state index in [1.807, 2.05) is 12.1 Å². The van der Waals surface area contributed by atoms with Gasteiger partial charge in [0.25, 0.3) is 0 Å². The van der Waals surface area contributed by atoms with Crippen molar-refractivity contribution >= 4 is 0 Å². The molecule has 25 heavy (non-hydrogen) atoms. The molecule has 0 aliphatic rings. The van der Waals surface area contributed by atoms with Gasteiger partial charge in [0.15, 0.2) is 0 Å². The van der Waals surface area contributed by atoms with Crippen LogP contribution in [0.3, 0.4) is 0 Å². The van der Waals surface area contributed by atoms with Crippen LogP contribution in [0.5, 0.6) is 11.5 Å². The van der Waals surface area contributed by atoms with Crippen molar-refractivity contribution in [1.82, 2.24) is 0 Å². The van der Waals surface area contributed by atoms with E-state index in [0.29, 0.717) is 17.8 Å². The van der Waals surface area contributed by atoms with Gasteiger partial charge in [-0.15, -0.1) is 0 Å².